The molecule has 0 bridgehead atoms. The first-order valence-electron chi connectivity index (χ1n) is 6.63. The van der Waals surface area contributed by atoms with Gasteiger partial charge in [0.25, 0.3) is 0 Å². The van der Waals surface area contributed by atoms with Gasteiger partial charge in [0.2, 0.25) is 0 Å². The summed E-state index contributed by atoms with van der Waals surface area (Å²) in [6.45, 7) is 9.90. The van der Waals surface area contributed by atoms with Gasteiger partial charge in [0.05, 0.1) is 0 Å². The smallest absolute Gasteiger partial charge is 0.103 e. The van der Waals surface area contributed by atoms with Gasteiger partial charge in [0.1, 0.15) is 5.82 Å². The molecule has 2 N–H and O–H groups in total. The van der Waals surface area contributed by atoms with Crippen LogP contribution in [0.4, 0.5) is 0 Å². The maximum absolute atomic E-state index is 4.21. The molecule has 4 heteroatoms. The minimum atomic E-state index is 0.661. The normalized spacial score (nSPS) is 19.1. The number of rotatable bonds is 4. The molecular weight excluding hydrogens is 212 g/mol. The first kappa shape index (κ1) is 12.6. The number of nitrogens with zero attached hydrogens (tertiary/aromatic N) is 2. The summed E-state index contributed by atoms with van der Waals surface area (Å²) in [7, 11) is 0. The van der Waals surface area contributed by atoms with Gasteiger partial charge in [-0.2, -0.15) is 0 Å². The average molecular weight is 236 g/mol. The van der Waals surface area contributed by atoms with Crippen LogP contribution >= 0.6 is 0 Å². The molecule has 0 aromatic carbocycles. The lowest BCUT2D eigenvalue weighted by atomic mass is 10.0. The average Bonchev–Trinajstić information content (AvgIpc) is 2.73. The summed E-state index contributed by atoms with van der Waals surface area (Å²) in [6.07, 6.45) is 4.43. The van der Waals surface area contributed by atoms with Crippen molar-refractivity contribution in [1.82, 2.24) is 20.2 Å². The van der Waals surface area contributed by atoms with Gasteiger partial charge in [0.15, 0.2) is 0 Å². The second-order valence-corrected chi connectivity index (χ2v) is 5.28. The van der Waals surface area contributed by atoms with E-state index in [1.807, 2.05) is 13.1 Å². The van der Waals surface area contributed by atoms with Gasteiger partial charge < -0.3 is 15.2 Å². The van der Waals surface area contributed by atoms with Crippen LogP contribution in [0, 0.1) is 6.92 Å². The fourth-order valence-corrected chi connectivity index (χ4v) is 2.44. The molecule has 2 rings (SSSR count). The zero-order chi connectivity index (χ0) is 12.3. The SMILES string of the molecule is Cc1ncc(CNC2CCN(C(C)C)CC2)[nH]1. The van der Waals surface area contributed by atoms with Gasteiger partial charge in [-0.15, -0.1) is 0 Å². The number of aromatic nitrogens is 2. The van der Waals surface area contributed by atoms with Crippen molar-refractivity contribution in [2.24, 2.45) is 0 Å². The fraction of sp³-hybridized carbons (Fsp3) is 0.769. The molecule has 0 atom stereocenters. The number of hydrogen-bond donors (Lipinski definition) is 2. The summed E-state index contributed by atoms with van der Waals surface area (Å²) in [5.74, 6) is 0.997. The Morgan fingerprint density at radius 2 is 2.18 bits per heavy atom. The Balaban J connectivity index is 1.71. The number of likely N-dealkylation sites (tertiary alicyclic amines) is 1. The molecule has 1 aromatic heterocycles. The molecule has 1 aliphatic rings. The highest BCUT2D eigenvalue weighted by molar-refractivity contribution is 4.99. The van der Waals surface area contributed by atoms with Gasteiger partial charge in [-0.25, -0.2) is 4.98 Å². The van der Waals surface area contributed by atoms with E-state index in [0.717, 1.165) is 12.4 Å². The lowest BCUT2D eigenvalue weighted by molar-refractivity contribution is 0.160. The van der Waals surface area contributed by atoms with Crippen molar-refractivity contribution < 1.29 is 0 Å². The van der Waals surface area contributed by atoms with E-state index in [9.17, 15) is 0 Å². The Kier molecular flexibility index (Phi) is 4.18. The highest BCUT2D eigenvalue weighted by Gasteiger charge is 2.20. The molecular formula is C13H24N4. The van der Waals surface area contributed by atoms with E-state index < -0.39 is 0 Å². The van der Waals surface area contributed by atoms with Crippen molar-refractivity contribution >= 4 is 0 Å². The Hall–Kier alpha value is -0.870. The van der Waals surface area contributed by atoms with Crippen molar-refractivity contribution in [1.29, 1.82) is 0 Å². The maximum atomic E-state index is 4.21. The summed E-state index contributed by atoms with van der Waals surface area (Å²) in [6, 6.07) is 1.35. The van der Waals surface area contributed by atoms with Crippen LogP contribution in [0.3, 0.4) is 0 Å². The molecule has 4 nitrogen and oxygen atoms in total. The third kappa shape index (κ3) is 3.54. The van der Waals surface area contributed by atoms with Gasteiger partial charge in [-0.1, -0.05) is 0 Å². The second kappa shape index (κ2) is 5.65. The predicted molar refractivity (Wildman–Crippen MR) is 69.9 cm³/mol. The van der Waals surface area contributed by atoms with Crippen LogP contribution in [0.25, 0.3) is 0 Å². The lowest BCUT2D eigenvalue weighted by Gasteiger charge is -2.34. The Labute approximate surface area is 104 Å². The fourth-order valence-electron chi connectivity index (χ4n) is 2.44. The van der Waals surface area contributed by atoms with E-state index in [1.54, 1.807) is 0 Å². The van der Waals surface area contributed by atoms with Crippen LogP contribution < -0.4 is 5.32 Å². The molecule has 0 saturated carbocycles. The van der Waals surface area contributed by atoms with Crippen molar-refractivity contribution in [3.8, 4) is 0 Å². The molecule has 1 fully saturated rings. The zero-order valence-corrected chi connectivity index (χ0v) is 11.2. The summed E-state index contributed by atoms with van der Waals surface area (Å²) in [5, 5.41) is 3.61. The maximum Gasteiger partial charge on any atom is 0.103 e. The van der Waals surface area contributed by atoms with Gasteiger partial charge in [0, 0.05) is 30.5 Å². The number of piperidine rings is 1. The number of aromatic amines is 1. The molecule has 1 saturated heterocycles. The topological polar surface area (TPSA) is 44.0 Å². The van der Waals surface area contributed by atoms with Crippen molar-refractivity contribution in [2.75, 3.05) is 13.1 Å². The number of hydrogen-bond acceptors (Lipinski definition) is 3. The van der Waals surface area contributed by atoms with Gasteiger partial charge in [-0.05, 0) is 46.7 Å². The third-order valence-electron chi connectivity index (χ3n) is 3.60. The summed E-state index contributed by atoms with van der Waals surface area (Å²) < 4.78 is 0. The lowest BCUT2D eigenvalue weighted by Crippen LogP contribution is -2.44. The van der Waals surface area contributed by atoms with E-state index >= 15 is 0 Å². The van der Waals surface area contributed by atoms with E-state index in [4.69, 9.17) is 0 Å². The van der Waals surface area contributed by atoms with E-state index in [0.29, 0.717) is 12.1 Å². The second-order valence-electron chi connectivity index (χ2n) is 5.28. The molecule has 96 valence electrons. The van der Waals surface area contributed by atoms with Crippen molar-refractivity contribution in [2.45, 2.75) is 52.2 Å². The number of imidazole rings is 1. The van der Waals surface area contributed by atoms with E-state index in [2.05, 4.69) is 34.0 Å². The first-order chi connectivity index (χ1) is 8.15. The monoisotopic (exact) mass is 236 g/mol. The largest absolute Gasteiger partial charge is 0.345 e. The molecule has 0 aliphatic carbocycles. The van der Waals surface area contributed by atoms with E-state index in [-0.39, 0.29) is 0 Å². The van der Waals surface area contributed by atoms with Crippen LogP contribution in [0.1, 0.15) is 38.2 Å². The highest BCUT2D eigenvalue weighted by atomic mass is 15.2. The minimum absolute atomic E-state index is 0.661. The number of nitrogens with one attached hydrogen (secondary N) is 2. The molecule has 0 spiro atoms. The number of H-pyrrole nitrogens is 1. The van der Waals surface area contributed by atoms with Gasteiger partial charge in [-0.3, -0.25) is 0 Å². The molecule has 1 aromatic rings. The zero-order valence-electron chi connectivity index (χ0n) is 11.2. The molecule has 1 aliphatic heterocycles. The summed E-state index contributed by atoms with van der Waals surface area (Å²) in [5.41, 5.74) is 1.19. The Morgan fingerprint density at radius 3 is 2.71 bits per heavy atom. The number of aryl methyl sites for hydroxylation is 1. The minimum Gasteiger partial charge on any atom is -0.345 e. The van der Waals surface area contributed by atoms with Crippen molar-refractivity contribution in [3.05, 3.63) is 17.7 Å². The Bertz CT molecular complexity index is 337. The van der Waals surface area contributed by atoms with Gasteiger partial charge >= 0.3 is 0 Å². The van der Waals surface area contributed by atoms with E-state index in [1.165, 1.54) is 31.6 Å². The predicted octanol–water partition coefficient (Wildman–Crippen LogP) is 1.68. The van der Waals surface area contributed by atoms with Crippen LogP contribution in [-0.2, 0) is 6.54 Å². The molecule has 2 heterocycles. The summed E-state index contributed by atoms with van der Waals surface area (Å²) >= 11 is 0. The molecule has 0 radical (unpaired) electrons. The Morgan fingerprint density at radius 1 is 1.47 bits per heavy atom. The van der Waals surface area contributed by atoms with Crippen LogP contribution in [0.15, 0.2) is 6.20 Å². The molecule has 0 unspecified atom stereocenters. The van der Waals surface area contributed by atoms with Crippen LogP contribution in [0.2, 0.25) is 0 Å². The van der Waals surface area contributed by atoms with Crippen LogP contribution in [0.5, 0.6) is 0 Å². The van der Waals surface area contributed by atoms with Crippen molar-refractivity contribution in [3.63, 3.8) is 0 Å². The standard InChI is InChI=1S/C13H24N4/c1-10(2)17-6-4-12(5-7-17)15-9-13-8-14-11(3)16-13/h8,10,12,15H,4-7,9H2,1-3H3,(H,14,16). The quantitative estimate of drug-likeness (QED) is 0.836. The summed E-state index contributed by atoms with van der Waals surface area (Å²) in [4.78, 5) is 10.0. The van der Waals surface area contributed by atoms with Crippen LogP contribution in [-0.4, -0.2) is 40.0 Å². The first-order valence-corrected chi connectivity index (χ1v) is 6.63. The molecule has 17 heavy (non-hydrogen) atoms. The highest BCUT2D eigenvalue weighted by Crippen LogP contribution is 2.13. The molecule has 0 amide bonds. The third-order valence-corrected chi connectivity index (χ3v) is 3.60.